The number of nitrogens with one attached hydrogen (secondary N) is 2. The van der Waals surface area contributed by atoms with Crippen LogP contribution in [-0.4, -0.2) is 25.5 Å². The van der Waals surface area contributed by atoms with Crippen LogP contribution in [0, 0.1) is 11.8 Å². The van der Waals surface area contributed by atoms with Crippen molar-refractivity contribution in [1.82, 2.24) is 10.6 Å². The molecule has 0 spiro atoms. The third-order valence-electron chi connectivity index (χ3n) is 2.57. The Hall–Kier alpha value is -0.570. The lowest BCUT2D eigenvalue weighted by atomic mass is 9.94. The summed E-state index contributed by atoms with van der Waals surface area (Å²) in [6, 6.07) is 0.278. The van der Waals surface area contributed by atoms with Crippen molar-refractivity contribution in [2.24, 2.45) is 11.8 Å². The van der Waals surface area contributed by atoms with Crippen LogP contribution in [0.25, 0.3) is 0 Å². The van der Waals surface area contributed by atoms with E-state index in [4.69, 9.17) is 0 Å². The van der Waals surface area contributed by atoms with Crippen molar-refractivity contribution >= 4 is 5.91 Å². The highest BCUT2D eigenvalue weighted by Crippen LogP contribution is 2.10. The third-order valence-corrected chi connectivity index (χ3v) is 2.57. The van der Waals surface area contributed by atoms with E-state index in [1.807, 2.05) is 14.0 Å². The van der Waals surface area contributed by atoms with Gasteiger partial charge in [-0.05, 0) is 26.3 Å². The Morgan fingerprint density at radius 2 is 1.86 bits per heavy atom. The topological polar surface area (TPSA) is 41.1 Å². The molecule has 0 aromatic heterocycles. The Balaban J connectivity index is 4.15. The lowest BCUT2D eigenvalue weighted by Crippen LogP contribution is -2.42. The molecule has 0 rings (SSSR count). The highest BCUT2D eigenvalue weighted by atomic mass is 16.2. The average molecular weight is 200 g/mol. The molecule has 2 unspecified atom stereocenters. The number of hydrogen-bond acceptors (Lipinski definition) is 2. The largest absolute Gasteiger partial charge is 0.353 e. The third kappa shape index (κ3) is 4.61. The fraction of sp³-hybridized carbons (Fsp3) is 0.909. The minimum atomic E-state index is 0.0778. The molecule has 0 saturated carbocycles. The number of carbonyl (C=O) groups is 1. The zero-order chi connectivity index (χ0) is 11.1. The van der Waals surface area contributed by atoms with E-state index in [1.165, 1.54) is 0 Å². The minimum absolute atomic E-state index is 0.0778. The summed E-state index contributed by atoms with van der Waals surface area (Å²) in [5, 5.41) is 6.08. The van der Waals surface area contributed by atoms with Gasteiger partial charge in [0.15, 0.2) is 0 Å². The maximum absolute atomic E-state index is 11.8. The molecule has 3 nitrogen and oxygen atoms in total. The molecule has 0 bridgehead atoms. The quantitative estimate of drug-likeness (QED) is 0.680. The molecule has 0 saturated heterocycles. The Bertz CT molecular complexity index is 169. The van der Waals surface area contributed by atoms with Crippen molar-refractivity contribution < 1.29 is 4.79 Å². The van der Waals surface area contributed by atoms with Crippen molar-refractivity contribution in [3.63, 3.8) is 0 Å². The van der Waals surface area contributed by atoms with Gasteiger partial charge in [-0.1, -0.05) is 20.8 Å². The van der Waals surface area contributed by atoms with Gasteiger partial charge in [0.1, 0.15) is 0 Å². The van der Waals surface area contributed by atoms with E-state index < -0.39 is 0 Å². The van der Waals surface area contributed by atoms with Gasteiger partial charge in [-0.3, -0.25) is 4.79 Å². The molecule has 0 aromatic carbocycles. The first-order chi connectivity index (χ1) is 6.52. The van der Waals surface area contributed by atoms with Gasteiger partial charge in [0.05, 0.1) is 5.92 Å². The van der Waals surface area contributed by atoms with E-state index in [0.717, 1.165) is 13.0 Å². The molecule has 0 aromatic rings. The van der Waals surface area contributed by atoms with Gasteiger partial charge >= 0.3 is 0 Å². The molecule has 0 aliphatic rings. The normalized spacial score (nSPS) is 15.3. The highest BCUT2D eigenvalue weighted by Gasteiger charge is 2.21. The van der Waals surface area contributed by atoms with E-state index in [2.05, 4.69) is 31.4 Å². The minimum Gasteiger partial charge on any atom is -0.353 e. The Labute approximate surface area is 87.6 Å². The molecule has 84 valence electrons. The molecule has 0 radical (unpaired) electrons. The van der Waals surface area contributed by atoms with E-state index in [0.29, 0.717) is 5.92 Å². The molecule has 0 fully saturated rings. The van der Waals surface area contributed by atoms with Crippen LogP contribution in [0.3, 0.4) is 0 Å². The van der Waals surface area contributed by atoms with Gasteiger partial charge in [-0.15, -0.1) is 0 Å². The molecular formula is C11H24N2O. The van der Waals surface area contributed by atoms with Crippen molar-refractivity contribution in [2.45, 2.75) is 40.2 Å². The summed E-state index contributed by atoms with van der Waals surface area (Å²) in [5.41, 5.74) is 0. The molecule has 1 amide bonds. The SMILES string of the molecule is CCC(C)NC(=O)C(CNC)C(C)C. The van der Waals surface area contributed by atoms with Gasteiger partial charge in [0, 0.05) is 12.6 Å². The lowest BCUT2D eigenvalue weighted by molar-refractivity contribution is -0.126. The Kier molecular flexibility index (Phi) is 6.54. The number of rotatable bonds is 6. The zero-order valence-electron chi connectivity index (χ0n) is 10.1. The monoisotopic (exact) mass is 200 g/mol. The second kappa shape index (κ2) is 6.82. The first kappa shape index (κ1) is 13.4. The molecule has 0 aliphatic carbocycles. The van der Waals surface area contributed by atoms with E-state index in [-0.39, 0.29) is 17.9 Å². The van der Waals surface area contributed by atoms with E-state index >= 15 is 0 Å². The first-order valence-electron chi connectivity index (χ1n) is 5.47. The second-order valence-corrected chi connectivity index (χ2v) is 4.23. The summed E-state index contributed by atoms with van der Waals surface area (Å²) < 4.78 is 0. The van der Waals surface area contributed by atoms with Crippen LogP contribution in [0.4, 0.5) is 0 Å². The van der Waals surface area contributed by atoms with Gasteiger partial charge in [-0.2, -0.15) is 0 Å². The number of hydrogen-bond donors (Lipinski definition) is 2. The summed E-state index contributed by atoms with van der Waals surface area (Å²) in [6.45, 7) is 9.03. The predicted molar refractivity (Wildman–Crippen MR) is 60.2 cm³/mol. The van der Waals surface area contributed by atoms with Gasteiger partial charge < -0.3 is 10.6 Å². The van der Waals surface area contributed by atoms with Crippen LogP contribution >= 0.6 is 0 Å². The number of amides is 1. The Morgan fingerprint density at radius 3 is 2.21 bits per heavy atom. The first-order valence-corrected chi connectivity index (χ1v) is 5.47. The summed E-state index contributed by atoms with van der Waals surface area (Å²) in [6.07, 6.45) is 0.982. The van der Waals surface area contributed by atoms with Crippen LogP contribution in [-0.2, 0) is 4.79 Å². The smallest absolute Gasteiger partial charge is 0.224 e. The van der Waals surface area contributed by atoms with E-state index in [1.54, 1.807) is 0 Å². The fourth-order valence-electron chi connectivity index (χ4n) is 1.30. The zero-order valence-corrected chi connectivity index (χ0v) is 10.1. The lowest BCUT2D eigenvalue weighted by Gasteiger charge is -2.22. The number of carbonyl (C=O) groups excluding carboxylic acids is 1. The Morgan fingerprint density at radius 1 is 1.29 bits per heavy atom. The van der Waals surface area contributed by atoms with Crippen LogP contribution in [0.5, 0.6) is 0 Å². The molecule has 3 heteroatoms. The van der Waals surface area contributed by atoms with Gasteiger partial charge in [-0.25, -0.2) is 0 Å². The average Bonchev–Trinajstić information content (AvgIpc) is 2.13. The molecule has 14 heavy (non-hydrogen) atoms. The van der Waals surface area contributed by atoms with Crippen molar-refractivity contribution in [3.05, 3.63) is 0 Å². The second-order valence-electron chi connectivity index (χ2n) is 4.23. The van der Waals surface area contributed by atoms with Crippen LogP contribution in [0.2, 0.25) is 0 Å². The molecule has 2 atom stereocenters. The van der Waals surface area contributed by atoms with Gasteiger partial charge in [0.2, 0.25) is 5.91 Å². The molecule has 2 N–H and O–H groups in total. The van der Waals surface area contributed by atoms with Crippen molar-refractivity contribution in [1.29, 1.82) is 0 Å². The van der Waals surface area contributed by atoms with E-state index in [9.17, 15) is 4.79 Å². The summed E-state index contributed by atoms with van der Waals surface area (Å²) >= 11 is 0. The fourth-order valence-corrected chi connectivity index (χ4v) is 1.30. The molecule has 0 heterocycles. The summed E-state index contributed by atoms with van der Waals surface area (Å²) in [4.78, 5) is 11.8. The van der Waals surface area contributed by atoms with Crippen molar-refractivity contribution in [3.8, 4) is 0 Å². The highest BCUT2D eigenvalue weighted by molar-refractivity contribution is 5.79. The van der Waals surface area contributed by atoms with Gasteiger partial charge in [0.25, 0.3) is 0 Å². The van der Waals surface area contributed by atoms with Crippen LogP contribution in [0.15, 0.2) is 0 Å². The summed E-state index contributed by atoms with van der Waals surface area (Å²) in [5.74, 6) is 0.629. The maximum atomic E-state index is 11.8. The van der Waals surface area contributed by atoms with Crippen molar-refractivity contribution in [2.75, 3.05) is 13.6 Å². The molecular weight excluding hydrogens is 176 g/mol. The van der Waals surface area contributed by atoms with Crippen LogP contribution < -0.4 is 10.6 Å². The predicted octanol–water partition coefficient (Wildman–Crippen LogP) is 1.39. The maximum Gasteiger partial charge on any atom is 0.224 e. The summed E-state index contributed by atoms with van der Waals surface area (Å²) in [7, 11) is 1.88. The standard InChI is InChI=1S/C11H24N2O/c1-6-9(4)13-11(14)10(7-12-5)8(2)3/h8-10,12H,6-7H2,1-5H3,(H,13,14). The van der Waals surface area contributed by atoms with Crippen LogP contribution in [0.1, 0.15) is 34.1 Å². The molecule has 0 aliphatic heterocycles.